The van der Waals surface area contributed by atoms with Gasteiger partial charge in [0.05, 0.1) is 25.7 Å². The van der Waals surface area contributed by atoms with Crippen LogP contribution in [-0.2, 0) is 14.8 Å². The number of nitrogens with one attached hydrogen (secondary N) is 2. The van der Waals surface area contributed by atoms with E-state index in [1.54, 1.807) is 49.5 Å². The van der Waals surface area contributed by atoms with E-state index < -0.39 is 10.0 Å². The largest absolute Gasteiger partial charge is 0.497 e. The molecule has 0 bridgehead atoms. The zero-order valence-corrected chi connectivity index (χ0v) is 23.5. The van der Waals surface area contributed by atoms with Crippen molar-refractivity contribution >= 4 is 15.9 Å². The van der Waals surface area contributed by atoms with E-state index in [2.05, 4.69) is 10.0 Å². The Balaban J connectivity index is 1.74. The number of ether oxygens (including phenoxy) is 4. The fourth-order valence-electron chi connectivity index (χ4n) is 4.34. The van der Waals surface area contributed by atoms with Gasteiger partial charge in [-0.2, -0.15) is 0 Å². The zero-order chi connectivity index (χ0) is 27.7. The van der Waals surface area contributed by atoms with Crippen LogP contribution in [-0.4, -0.2) is 85.5 Å². The Morgan fingerprint density at radius 2 is 1.76 bits per heavy atom. The van der Waals surface area contributed by atoms with Gasteiger partial charge in [-0.15, -0.1) is 0 Å². The fourth-order valence-corrected chi connectivity index (χ4v) is 5.64. The average molecular weight is 550 g/mol. The number of carbonyl (C=O) groups excluding carboxylic acids is 1. The molecule has 2 N–H and O–H groups in total. The second kappa shape index (κ2) is 13.8. The van der Waals surface area contributed by atoms with Crippen molar-refractivity contribution < 1.29 is 32.2 Å². The number of nitrogens with zero attached hydrogens (tertiary/aromatic N) is 1. The lowest BCUT2D eigenvalue weighted by Gasteiger charge is -2.32. The lowest BCUT2D eigenvalue weighted by atomic mass is 10.0. The van der Waals surface area contributed by atoms with Crippen LogP contribution in [0.4, 0.5) is 0 Å². The van der Waals surface area contributed by atoms with E-state index in [0.717, 1.165) is 0 Å². The molecule has 2 aromatic rings. The van der Waals surface area contributed by atoms with Gasteiger partial charge in [0.2, 0.25) is 10.0 Å². The van der Waals surface area contributed by atoms with Crippen LogP contribution < -0.4 is 24.2 Å². The number of sulfonamides is 1. The molecule has 0 radical (unpaired) electrons. The van der Waals surface area contributed by atoms with Crippen molar-refractivity contribution in [1.29, 1.82) is 0 Å². The number of rotatable bonds is 14. The molecule has 1 aliphatic rings. The molecule has 1 saturated heterocycles. The van der Waals surface area contributed by atoms with Crippen LogP contribution in [0, 0.1) is 5.92 Å². The van der Waals surface area contributed by atoms with E-state index in [-0.39, 0.29) is 28.8 Å². The molecule has 10 nitrogen and oxygen atoms in total. The van der Waals surface area contributed by atoms with Crippen LogP contribution in [0.5, 0.6) is 17.2 Å². The highest BCUT2D eigenvalue weighted by Gasteiger charge is 2.34. The van der Waals surface area contributed by atoms with Gasteiger partial charge in [-0.25, -0.2) is 13.1 Å². The minimum absolute atomic E-state index is 0.102. The minimum atomic E-state index is -3.74. The lowest BCUT2D eigenvalue weighted by Crippen LogP contribution is -2.47. The lowest BCUT2D eigenvalue weighted by molar-refractivity contribution is 0.0671. The molecule has 3 rings (SSSR count). The molecule has 210 valence electrons. The quantitative estimate of drug-likeness (QED) is 0.346. The molecule has 0 aromatic heterocycles. The number of methoxy groups -OCH3 is 3. The van der Waals surface area contributed by atoms with Gasteiger partial charge >= 0.3 is 0 Å². The summed E-state index contributed by atoms with van der Waals surface area (Å²) in [6.07, 6.45) is 0.707. The number of hydrogen-bond acceptors (Lipinski definition) is 8. The van der Waals surface area contributed by atoms with E-state index in [0.29, 0.717) is 62.1 Å². The number of benzene rings is 2. The third kappa shape index (κ3) is 7.59. The van der Waals surface area contributed by atoms with E-state index in [4.69, 9.17) is 18.9 Å². The summed E-state index contributed by atoms with van der Waals surface area (Å²) in [4.78, 5) is 15.5. The molecule has 0 spiro atoms. The highest BCUT2D eigenvalue weighted by atomic mass is 32.2. The SMILES string of the molecule is COCCCOc1cc(C(=O)N(C[C@H]2CNC[C@@H]2NS(=O)(=O)c2ccc(OC)cc2)C(C)C)ccc1OC. The van der Waals surface area contributed by atoms with Crippen LogP contribution in [0.15, 0.2) is 47.4 Å². The van der Waals surface area contributed by atoms with Gasteiger partial charge in [0.15, 0.2) is 11.5 Å². The fraction of sp³-hybridized carbons (Fsp3) is 0.519. The first kappa shape index (κ1) is 29.7. The Morgan fingerprint density at radius 1 is 1.03 bits per heavy atom. The summed E-state index contributed by atoms with van der Waals surface area (Å²) in [5.74, 6) is 1.34. The summed E-state index contributed by atoms with van der Waals surface area (Å²) in [6, 6.07) is 10.9. The molecule has 2 aromatic carbocycles. The molecular formula is C27H39N3O7S. The molecule has 0 saturated carbocycles. The first-order valence-corrected chi connectivity index (χ1v) is 14.2. The van der Waals surface area contributed by atoms with E-state index in [1.165, 1.54) is 19.2 Å². The molecular weight excluding hydrogens is 510 g/mol. The molecule has 0 unspecified atom stereocenters. The third-order valence-electron chi connectivity index (χ3n) is 6.49. The number of hydrogen-bond donors (Lipinski definition) is 2. The van der Waals surface area contributed by atoms with Crippen molar-refractivity contribution in [3.05, 3.63) is 48.0 Å². The summed E-state index contributed by atoms with van der Waals surface area (Å²) in [7, 11) is 0.973. The predicted octanol–water partition coefficient (Wildman–Crippen LogP) is 2.54. The summed E-state index contributed by atoms with van der Waals surface area (Å²) >= 11 is 0. The number of amides is 1. The Bertz CT molecular complexity index is 1160. The number of carbonyl (C=O) groups is 1. The monoisotopic (exact) mass is 549 g/mol. The van der Waals surface area contributed by atoms with Crippen molar-refractivity contribution in [3.63, 3.8) is 0 Å². The Kier molecular flexibility index (Phi) is 10.8. The molecule has 11 heteroatoms. The van der Waals surface area contributed by atoms with Crippen molar-refractivity contribution in [2.45, 2.75) is 37.2 Å². The van der Waals surface area contributed by atoms with Gasteiger partial charge in [-0.1, -0.05) is 0 Å². The highest BCUT2D eigenvalue weighted by molar-refractivity contribution is 7.89. The van der Waals surface area contributed by atoms with Crippen LogP contribution in [0.25, 0.3) is 0 Å². The van der Waals surface area contributed by atoms with Crippen LogP contribution in [0.2, 0.25) is 0 Å². The van der Waals surface area contributed by atoms with Gasteiger partial charge in [0.1, 0.15) is 5.75 Å². The first-order chi connectivity index (χ1) is 18.2. The zero-order valence-electron chi connectivity index (χ0n) is 22.7. The normalized spacial score (nSPS) is 17.4. The molecule has 1 aliphatic heterocycles. The Morgan fingerprint density at radius 3 is 2.39 bits per heavy atom. The molecule has 2 atom stereocenters. The first-order valence-electron chi connectivity index (χ1n) is 12.7. The predicted molar refractivity (Wildman–Crippen MR) is 145 cm³/mol. The third-order valence-corrected chi connectivity index (χ3v) is 8.00. The molecule has 1 fully saturated rings. The smallest absolute Gasteiger partial charge is 0.254 e. The Labute approximate surface area is 225 Å². The maximum Gasteiger partial charge on any atom is 0.254 e. The van der Waals surface area contributed by atoms with Gasteiger partial charge in [-0.05, 0) is 56.3 Å². The second-order valence-corrected chi connectivity index (χ2v) is 11.1. The maximum atomic E-state index is 13.6. The van der Waals surface area contributed by atoms with Crippen LogP contribution in [0.1, 0.15) is 30.6 Å². The minimum Gasteiger partial charge on any atom is -0.497 e. The van der Waals surface area contributed by atoms with Crippen molar-refractivity contribution in [2.75, 3.05) is 54.2 Å². The van der Waals surface area contributed by atoms with Crippen molar-refractivity contribution in [2.24, 2.45) is 5.92 Å². The van der Waals surface area contributed by atoms with Crippen LogP contribution >= 0.6 is 0 Å². The van der Waals surface area contributed by atoms with Crippen LogP contribution in [0.3, 0.4) is 0 Å². The van der Waals surface area contributed by atoms with E-state index >= 15 is 0 Å². The summed E-state index contributed by atoms with van der Waals surface area (Å²) in [5.41, 5.74) is 0.475. The Hall–Kier alpha value is -2.86. The molecule has 0 aliphatic carbocycles. The van der Waals surface area contributed by atoms with Gasteiger partial charge in [0.25, 0.3) is 5.91 Å². The van der Waals surface area contributed by atoms with E-state index in [1.807, 2.05) is 13.8 Å². The summed E-state index contributed by atoms with van der Waals surface area (Å²) in [5, 5.41) is 3.26. The summed E-state index contributed by atoms with van der Waals surface area (Å²) in [6.45, 7) is 6.34. The maximum absolute atomic E-state index is 13.6. The second-order valence-electron chi connectivity index (χ2n) is 9.43. The standard InChI is InChI=1S/C27H39N3O7S/c1-19(2)30(27(31)20-7-12-25(36-5)26(15-20)37-14-6-13-34-3)18-21-16-28-17-24(21)29-38(32,33)23-10-8-22(35-4)9-11-23/h7-12,15,19,21,24,28-29H,6,13-14,16-18H2,1-5H3/t21-,24+/m1/s1. The van der Waals surface area contributed by atoms with Crippen molar-refractivity contribution in [3.8, 4) is 17.2 Å². The summed E-state index contributed by atoms with van der Waals surface area (Å²) < 4.78 is 50.3. The topological polar surface area (TPSA) is 115 Å². The molecule has 1 heterocycles. The average Bonchev–Trinajstić information content (AvgIpc) is 3.34. The molecule has 38 heavy (non-hydrogen) atoms. The van der Waals surface area contributed by atoms with Gasteiger partial charge in [0, 0.05) is 63.3 Å². The van der Waals surface area contributed by atoms with Gasteiger partial charge < -0.3 is 29.2 Å². The van der Waals surface area contributed by atoms with Gasteiger partial charge in [-0.3, -0.25) is 4.79 Å². The highest BCUT2D eigenvalue weighted by Crippen LogP contribution is 2.29. The van der Waals surface area contributed by atoms with E-state index in [9.17, 15) is 13.2 Å². The van der Waals surface area contributed by atoms with Crippen molar-refractivity contribution in [1.82, 2.24) is 14.9 Å². The molecule has 1 amide bonds.